The second kappa shape index (κ2) is 9.87. The molecule has 0 atom stereocenters. The maximum Gasteiger partial charge on any atom is 0.165 e. The first-order valence-electron chi connectivity index (χ1n) is 13.6. The summed E-state index contributed by atoms with van der Waals surface area (Å²) in [6.07, 6.45) is 3.56. The van der Waals surface area contributed by atoms with Crippen LogP contribution in [0, 0.1) is 0 Å². The minimum absolute atomic E-state index is 0.572. The molecule has 0 aliphatic carbocycles. The third kappa shape index (κ3) is 4.01. The molecule has 5 aromatic heterocycles. The molecule has 42 heavy (non-hydrogen) atoms. The molecule has 0 N–H and O–H groups in total. The van der Waals surface area contributed by atoms with E-state index in [2.05, 4.69) is 9.97 Å². The maximum absolute atomic E-state index is 5.06. The van der Waals surface area contributed by atoms with Crippen molar-refractivity contribution in [1.29, 1.82) is 0 Å². The highest BCUT2D eigenvalue weighted by atomic mass is 15.2. The summed E-state index contributed by atoms with van der Waals surface area (Å²) < 4.78 is 4.08. The SMILES string of the molecule is c1ccc(-c2nc(-c3nc4cccnc4n3-c3ccccc3)cc(-c3nc4cccnc4n3-c3ccccc3)n2)cc1. The van der Waals surface area contributed by atoms with Crippen LogP contribution >= 0.6 is 0 Å². The largest absolute Gasteiger partial charge is 0.275 e. The van der Waals surface area contributed by atoms with Crippen molar-refractivity contribution in [2.24, 2.45) is 0 Å². The number of pyridine rings is 2. The standard InChI is InChI=1S/C34H22N8/c1-4-12-23(13-5-1)30-37-28(33-39-26-18-10-20-35-31(26)41(33)24-14-6-2-7-15-24)22-29(38-30)34-40-27-19-11-21-36-32(27)42(34)25-16-8-3-9-17-25/h1-22H. The molecule has 0 radical (unpaired) electrons. The Hall–Kier alpha value is -6.02. The molecule has 0 aliphatic heterocycles. The molecule has 0 saturated carbocycles. The molecule has 8 aromatic rings. The molecule has 0 spiro atoms. The van der Waals surface area contributed by atoms with Crippen LogP contribution in [-0.2, 0) is 0 Å². The highest BCUT2D eigenvalue weighted by Gasteiger charge is 2.22. The number of imidazole rings is 2. The zero-order valence-electron chi connectivity index (χ0n) is 22.3. The minimum atomic E-state index is 0.572. The van der Waals surface area contributed by atoms with E-state index in [1.54, 1.807) is 12.4 Å². The smallest absolute Gasteiger partial charge is 0.165 e. The van der Waals surface area contributed by atoms with Crippen LogP contribution in [0.5, 0.6) is 0 Å². The Kier molecular flexibility index (Phi) is 5.60. The Morgan fingerprint density at radius 1 is 0.429 bits per heavy atom. The lowest BCUT2D eigenvalue weighted by atomic mass is 10.2. The topological polar surface area (TPSA) is 87.2 Å². The van der Waals surface area contributed by atoms with Crippen molar-refractivity contribution in [1.82, 2.24) is 39.0 Å². The van der Waals surface area contributed by atoms with E-state index in [0.29, 0.717) is 28.9 Å². The van der Waals surface area contributed by atoms with Gasteiger partial charge < -0.3 is 0 Å². The Labute approximate surface area is 240 Å². The van der Waals surface area contributed by atoms with Crippen molar-refractivity contribution in [3.05, 3.63) is 134 Å². The number of benzene rings is 3. The van der Waals surface area contributed by atoms with Crippen LogP contribution < -0.4 is 0 Å². The van der Waals surface area contributed by atoms with Gasteiger partial charge in [0.2, 0.25) is 0 Å². The molecule has 0 saturated heterocycles. The van der Waals surface area contributed by atoms with E-state index in [-0.39, 0.29) is 0 Å². The monoisotopic (exact) mass is 542 g/mol. The van der Waals surface area contributed by atoms with Gasteiger partial charge in [0, 0.05) is 29.3 Å². The number of hydrogen-bond acceptors (Lipinski definition) is 6. The molecule has 8 rings (SSSR count). The third-order valence-electron chi connectivity index (χ3n) is 7.08. The number of fused-ring (bicyclic) bond motifs is 2. The zero-order chi connectivity index (χ0) is 27.9. The van der Waals surface area contributed by atoms with Crippen LogP contribution in [0.1, 0.15) is 0 Å². The summed E-state index contributed by atoms with van der Waals surface area (Å²) in [7, 11) is 0. The van der Waals surface area contributed by atoms with Crippen LogP contribution in [0.2, 0.25) is 0 Å². The Morgan fingerprint density at radius 3 is 1.36 bits per heavy atom. The molecule has 0 amide bonds. The van der Waals surface area contributed by atoms with Crippen LogP contribution in [0.15, 0.2) is 134 Å². The molecular formula is C34H22N8. The molecule has 3 aromatic carbocycles. The average molecular weight is 543 g/mol. The van der Waals surface area contributed by atoms with Gasteiger partial charge in [0.1, 0.15) is 22.4 Å². The van der Waals surface area contributed by atoms with Crippen molar-refractivity contribution >= 4 is 22.3 Å². The van der Waals surface area contributed by atoms with Crippen molar-refractivity contribution in [3.63, 3.8) is 0 Å². The normalized spacial score (nSPS) is 11.3. The quantitative estimate of drug-likeness (QED) is 0.234. The van der Waals surface area contributed by atoms with Gasteiger partial charge in [0.05, 0.1) is 0 Å². The predicted octanol–water partition coefficient (Wildman–Crippen LogP) is 6.95. The van der Waals surface area contributed by atoms with Gasteiger partial charge in [0.25, 0.3) is 0 Å². The van der Waals surface area contributed by atoms with Crippen molar-refractivity contribution in [2.45, 2.75) is 0 Å². The molecule has 0 fully saturated rings. The molecule has 0 aliphatic rings. The summed E-state index contributed by atoms with van der Waals surface area (Å²) >= 11 is 0. The third-order valence-corrected chi connectivity index (χ3v) is 7.08. The lowest BCUT2D eigenvalue weighted by Gasteiger charge is -2.12. The molecule has 5 heterocycles. The lowest BCUT2D eigenvalue weighted by Crippen LogP contribution is -2.04. The fourth-order valence-electron chi connectivity index (χ4n) is 5.20. The Bertz CT molecular complexity index is 2050. The van der Waals surface area contributed by atoms with E-state index in [1.807, 2.05) is 130 Å². The van der Waals surface area contributed by atoms with E-state index in [0.717, 1.165) is 39.3 Å². The van der Waals surface area contributed by atoms with Gasteiger partial charge in [-0.2, -0.15) is 0 Å². The first-order valence-corrected chi connectivity index (χ1v) is 13.6. The molecule has 8 heteroatoms. The van der Waals surface area contributed by atoms with Gasteiger partial charge in [-0.05, 0) is 54.6 Å². The molecule has 0 bridgehead atoms. The number of aromatic nitrogens is 8. The second-order valence-electron chi connectivity index (χ2n) is 9.73. The summed E-state index contributed by atoms with van der Waals surface area (Å²) in [4.78, 5) is 29.5. The molecular weight excluding hydrogens is 520 g/mol. The Morgan fingerprint density at radius 2 is 0.881 bits per heavy atom. The van der Waals surface area contributed by atoms with E-state index in [9.17, 15) is 0 Å². The van der Waals surface area contributed by atoms with E-state index < -0.39 is 0 Å². The van der Waals surface area contributed by atoms with Crippen LogP contribution in [0.25, 0.3) is 68.1 Å². The van der Waals surface area contributed by atoms with Crippen molar-refractivity contribution in [2.75, 3.05) is 0 Å². The van der Waals surface area contributed by atoms with Crippen LogP contribution in [0.3, 0.4) is 0 Å². The van der Waals surface area contributed by atoms with E-state index in [4.69, 9.17) is 19.9 Å². The molecule has 0 unspecified atom stereocenters. The fraction of sp³-hybridized carbons (Fsp3) is 0. The lowest BCUT2D eigenvalue weighted by molar-refractivity contribution is 1.03. The summed E-state index contributed by atoms with van der Waals surface area (Å²) in [5, 5.41) is 0. The van der Waals surface area contributed by atoms with Gasteiger partial charge >= 0.3 is 0 Å². The highest BCUT2D eigenvalue weighted by molar-refractivity contribution is 5.82. The second-order valence-corrected chi connectivity index (χ2v) is 9.73. The molecule has 8 nitrogen and oxygen atoms in total. The molecule has 198 valence electrons. The van der Waals surface area contributed by atoms with Gasteiger partial charge in [-0.15, -0.1) is 0 Å². The van der Waals surface area contributed by atoms with Crippen LogP contribution in [-0.4, -0.2) is 39.0 Å². The zero-order valence-corrected chi connectivity index (χ0v) is 22.3. The first kappa shape index (κ1) is 23.8. The summed E-state index contributed by atoms with van der Waals surface area (Å²) in [5.74, 6) is 1.90. The summed E-state index contributed by atoms with van der Waals surface area (Å²) in [6.45, 7) is 0. The van der Waals surface area contributed by atoms with Gasteiger partial charge in [-0.25, -0.2) is 29.9 Å². The number of para-hydroxylation sites is 2. The van der Waals surface area contributed by atoms with Gasteiger partial charge in [-0.3, -0.25) is 9.13 Å². The number of rotatable bonds is 5. The predicted molar refractivity (Wildman–Crippen MR) is 163 cm³/mol. The fourth-order valence-corrected chi connectivity index (χ4v) is 5.20. The maximum atomic E-state index is 5.06. The summed E-state index contributed by atoms with van der Waals surface area (Å²) in [5.41, 5.74) is 7.13. The Balaban J connectivity index is 1.44. The van der Waals surface area contributed by atoms with Gasteiger partial charge in [0.15, 0.2) is 28.8 Å². The first-order chi connectivity index (χ1) is 20.8. The number of nitrogens with zero attached hydrogens (tertiary/aromatic N) is 8. The minimum Gasteiger partial charge on any atom is -0.275 e. The van der Waals surface area contributed by atoms with E-state index >= 15 is 0 Å². The highest BCUT2D eigenvalue weighted by Crippen LogP contribution is 2.33. The van der Waals surface area contributed by atoms with Crippen LogP contribution in [0.4, 0.5) is 0 Å². The van der Waals surface area contributed by atoms with E-state index in [1.165, 1.54) is 0 Å². The summed E-state index contributed by atoms with van der Waals surface area (Å²) in [6, 6.07) is 39.8. The number of hydrogen-bond donors (Lipinski definition) is 0. The average Bonchev–Trinajstić information content (AvgIpc) is 3.65. The van der Waals surface area contributed by atoms with Gasteiger partial charge in [-0.1, -0.05) is 66.7 Å². The van der Waals surface area contributed by atoms with Crippen molar-refractivity contribution < 1.29 is 0 Å². The van der Waals surface area contributed by atoms with Crippen molar-refractivity contribution in [3.8, 4) is 45.8 Å².